The minimum Gasteiger partial charge on any atom is -0.373 e. The number of rotatable bonds is 6. The number of aromatic nitrogens is 2. The Morgan fingerprint density at radius 1 is 1.03 bits per heavy atom. The highest BCUT2D eigenvalue weighted by Gasteiger charge is 2.21. The summed E-state index contributed by atoms with van der Waals surface area (Å²) in [5.74, 6) is 0.605. The van der Waals surface area contributed by atoms with E-state index in [9.17, 15) is 14.9 Å². The Balaban J connectivity index is 1.61. The Hall–Kier alpha value is -4.48. The first-order valence-corrected chi connectivity index (χ1v) is 12.3. The van der Waals surface area contributed by atoms with Crippen LogP contribution in [-0.4, -0.2) is 28.8 Å². The predicted octanol–water partition coefficient (Wildman–Crippen LogP) is 5.78. The summed E-state index contributed by atoms with van der Waals surface area (Å²) < 4.78 is 0. The number of nitrogens with one attached hydrogen (secondary N) is 3. The van der Waals surface area contributed by atoms with E-state index in [1.165, 1.54) is 0 Å². The molecule has 0 aliphatic heterocycles. The second kappa shape index (κ2) is 10.9. The molecular formula is C29H27ClN6O2. The topological polar surface area (TPSA) is 120 Å². The number of fused-ring (bicyclic) bond motifs is 1. The molecule has 3 aromatic carbocycles. The molecule has 0 saturated carbocycles. The van der Waals surface area contributed by atoms with Crippen LogP contribution in [0.25, 0.3) is 22.3 Å². The molecule has 0 fully saturated rings. The van der Waals surface area contributed by atoms with E-state index in [1.807, 2.05) is 32.9 Å². The Morgan fingerprint density at radius 3 is 2.53 bits per heavy atom. The fourth-order valence-electron chi connectivity index (χ4n) is 3.76. The summed E-state index contributed by atoms with van der Waals surface area (Å²) >= 11 is 6.34. The smallest absolute Gasteiger partial charge is 0.257 e. The molecule has 9 heteroatoms. The maximum absolute atomic E-state index is 13.1. The van der Waals surface area contributed by atoms with Gasteiger partial charge in [0, 0.05) is 35.6 Å². The minimum atomic E-state index is -0.516. The highest BCUT2D eigenvalue weighted by atomic mass is 35.5. The molecule has 38 heavy (non-hydrogen) atoms. The highest BCUT2D eigenvalue weighted by molar-refractivity contribution is 6.34. The quantitative estimate of drug-likeness (QED) is 0.293. The summed E-state index contributed by atoms with van der Waals surface area (Å²) in [5.41, 5.74) is 2.90. The van der Waals surface area contributed by atoms with E-state index >= 15 is 0 Å². The molecule has 1 heterocycles. The molecule has 1 aromatic heterocycles. The number of hydrogen-bond donors (Lipinski definition) is 3. The van der Waals surface area contributed by atoms with Crippen LogP contribution >= 0.6 is 11.6 Å². The van der Waals surface area contributed by atoms with Crippen LogP contribution in [0.15, 0.2) is 60.7 Å². The summed E-state index contributed by atoms with van der Waals surface area (Å²) in [4.78, 5) is 34.7. The van der Waals surface area contributed by atoms with Gasteiger partial charge in [-0.25, -0.2) is 9.97 Å². The van der Waals surface area contributed by atoms with Crippen LogP contribution in [0.3, 0.4) is 0 Å². The number of nitrogens with zero attached hydrogens (tertiary/aromatic N) is 3. The van der Waals surface area contributed by atoms with Crippen LogP contribution < -0.4 is 16.0 Å². The maximum Gasteiger partial charge on any atom is 0.257 e. The third kappa shape index (κ3) is 5.90. The lowest BCUT2D eigenvalue weighted by Gasteiger charge is -2.18. The Kier molecular flexibility index (Phi) is 7.60. The van der Waals surface area contributed by atoms with Crippen molar-refractivity contribution in [3.63, 3.8) is 0 Å². The first-order chi connectivity index (χ1) is 18.1. The zero-order valence-corrected chi connectivity index (χ0v) is 22.3. The molecule has 0 bridgehead atoms. The van der Waals surface area contributed by atoms with Gasteiger partial charge in [0.1, 0.15) is 5.82 Å². The van der Waals surface area contributed by atoms with Gasteiger partial charge in [0.25, 0.3) is 5.91 Å². The van der Waals surface area contributed by atoms with E-state index < -0.39 is 5.41 Å². The molecule has 0 aliphatic carbocycles. The summed E-state index contributed by atoms with van der Waals surface area (Å²) in [6.07, 6.45) is 0. The number of amides is 2. The fourth-order valence-corrected chi connectivity index (χ4v) is 3.96. The monoisotopic (exact) mass is 526 g/mol. The lowest BCUT2D eigenvalue weighted by molar-refractivity contribution is -0.128. The molecule has 0 radical (unpaired) electrons. The first kappa shape index (κ1) is 26.6. The van der Waals surface area contributed by atoms with Crippen molar-refractivity contribution in [1.82, 2.24) is 15.3 Å². The van der Waals surface area contributed by atoms with Gasteiger partial charge in [-0.3, -0.25) is 9.59 Å². The molecule has 192 valence electrons. The van der Waals surface area contributed by atoms with Crippen LogP contribution in [0.4, 0.5) is 11.5 Å². The first-order valence-electron chi connectivity index (χ1n) is 12.0. The van der Waals surface area contributed by atoms with Crippen molar-refractivity contribution < 1.29 is 9.59 Å². The van der Waals surface area contributed by atoms with Gasteiger partial charge < -0.3 is 16.0 Å². The van der Waals surface area contributed by atoms with Crippen LogP contribution in [0, 0.1) is 16.7 Å². The zero-order valence-electron chi connectivity index (χ0n) is 21.5. The van der Waals surface area contributed by atoms with E-state index in [4.69, 9.17) is 11.6 Å². The standard InChI is InChI=1S/C29H27ClN6O2/c1-29(2,3)28(38)33-16-18-8-11-23(30)22(13-18)27(37)34-20-9-10-21-24(14-20)35-25(36-26(21)32-4)19-7-5-6-17(12-19)15-31/h5-14H,16H2,1-4H3,(H,33,38)(H,34,37)(H,32,35,36). The van der Waals surface area contributed by atoms with Crippen LogP contribution in [0.2, 0.25) is 5.02 Å². The third-order valence-corrected chi connectivity index (χ3v) is 6.18. The van der Waals surface area contributed by atoms with Crippen molar-refractivity contribution in [3.8, 4) is 17.5 Å². The molecule has 0 spiro atoms. The van der Waals surface area contributed by atoms with Gasteiger partial charge in [0.2, 0.25) is 5.91 Å². The van der Waals surface area contributed by atoms with Gasteiger partial charge in [0.15, 0.2) is 5.82 Å². The van der Waals surface area contributed by atoms with Crippen LogP contribution in [-0.2, 0) is 11.3 Å². The lowest BCUT2D eigenvalue weighted by Crippen LogP contribution is -2.34. The molecule has 0 unspecified atom stereocenters. The molecule has 4 rings (SSSR count). The van der Waals surface area contributed by atoms with Gasteiger partial charge in [0.05, 0.1) is 27.7 Å². The molecule has 0 aliphatic rings. The van der Waals surface area contributed by atoms with Crippen LogP contribution in [0.5, 0.6) is 0 Å². The number of carbonyl (C=O) groups is 2. The number of halogens is 1. The second-order valence-electron chi connectivity index (χ2n) is 9.77. The lowest BCUT2D eigenvalue weighted by atomic mass is 9.95. The van der Waals surface area contributed by atoms with Crippen molar-refractivity contribution >= 4 is 45.8 Å². The van der Waals surface area contributed by atoms with Crippen molar-refractivity contribution in [1.29, 1.82) is 5.26 Å². The van der Waals surface area contributed by atoms with Gasteiger partial charge in [-0.15, -0.1) is 0 Å². The zero-order chi connectivity index (χ0) is 27.4. The molecule has 0 saturated heterocycles. The predicted molar refractivity (Wildman–Crippen MR) is 150 cm³/mol. The number of hydrogen-bond acceptors (Lipinski definition) is 6. The fraction of sp³-hybridized carbons (Fsp3) is 0.207. The SMILES string of the molecule is CNc1nc(-c2cccc(C#N)c2)nc2cc(NC(=O)c3cc(CNC(=O)C(C)(C)C)ccc3Cl)ccc12. The normalized spacial score (nSPS) is 11.1. The average Bonchev–Trinajstić information content (AvgIpc) is 2.90. The van der Waals surface area contributed by atoms with Gasteiger partial charge >= 0.3 is 0 Å². The highest BCUT2D eigenvalue weighted by Crippen LogP contribution is 2.28. The minimum absolute atomic E-state index is 0.0868. The molecule has 2 amide bonds. The summed E-state index contributed by atoms with van der Waals surface area (Å²) in [6, 6.07) is 19.6. The number of carbonyl (C=O) groups excluding carboxylic acids is 2. The third-order valence-electron chi connectivity index (χ3n) is 5.85. The van der Waals surface area contributed by atoms with Crippen molar-refractivity contribution in [3.05, 3.63) is 82.4 Å². The van der Waals surface area contributed by atoms with E-state index in [0.717, 1.165) is 10.9 Å². The van der Waals surface area contributed by atoms with E-state index in [1.54, 1.807) is 55.6 Å². The van der Waals surface area contributed by atoms with E-state index in [-0.39, 0.29) is 18.4 Å². The van der Waals surface area contributed by atoms with Crippen molar-refractivity contribution in [2.45, 2.75) is 27.3 Å². The maximum atomic E-state index is 13.1. The molecule has 8 nitrogen and oxygen atoms in total. The molecular weight excluding hydrogens is 500 g/mol. The molecule has 3 N–H and O–H groups in total. The van der Waals surface area contributed by atoms with Gasteiger partial charge in [-0.1, -0.05) is 50.6 Å². The molecule has 0 atom stereocenters. The summed E-state index contributed by atoms with van der Waals surface area (Å²) in [6.45, 7) is 5.79. The Labute approximate surface area is 226 Å². The Morgan fingerprint density at radius 2 is 1.82 bits per heavy atom. The van der Waals surface area contributed by atoms with Gasteiger partial charge in [-0.05, 0) is 48.0 Å². The summed E-state index contributed by atoms with van der Waals surface area (Å²) in [7, 11) is 1.77. The van der Waals surface area contributed by atoms with Crippen LogP contribution in [0.1, 0.15) is 42.3 Å². The average molecular weight is 527 g/mol. The van der Waals surface area contributed by atoms with Gasteiger partial charge in [-0.2, -0.15) is 5.26 Å². The van der Waals surface area contributed by atoms with Crippen molar-refractivity contribution in [2.24, 2.45) is 5.41 Å². The summed E-state index contributed by atoms with van der Waals surface area (Å²) in [5, 5.41) is 19.2. The van der Waals surface area contributed by atoms with E-state index in [0.29, 0.717) is 44.6 Å². The van der Waals surface area contributed by atoms with E-state index in [2.05, 4.69) is 32.0 Å². The number of nitriles is 1. The Bertz CT molecular complexity index is 1590. The second-order valence-corrected chi connectivity index (χ2v) is 10.2. The number of benzene rings is 3. The number of anilines is 2. The largest absolute Gasteiger partial charge is 0.373 e. The van der Waals surface area contributed by atoms with Crippen molar-refractivity contribution in [2.75, 3.05) is 17.7 Å². The molecule has 4 aromatic rings.